The van der Waals surface area contributed by atoms with Gasteiger partial charge in [-0.25, -0.2) is 0 Å². The van der Waals surface area contributed by atoms with Crippen LogP contribution in [0.4, 0.5) is 5.95 Å². The molecule has 1 saturated heterocycles. The molecule has 2 aromatic heterocycles. The molecule has 2 aromatic rings. The molecule has 0 spiro atoms. The van der Waals surface area contributed by atoms with Gasteiger partial charge < -0.3 is 10.6 Å². The zero-order valence-corrected chi connectivity index (χ0v) is 15.7. The topological polar surface area (TPSA) is 70.8 Å². The SMILES string of the molecule is CC1(CN)CCCN(c2n[nH]c(-c3cc(Br)sc3Br)n2)C1. The average molecular weight is 435 g/mol. The van der Waals surface area contributed by atoms with E-state index in [1.807, 2.05) is 6.07 Å². The van der Waals surface area contributed by atoms with Crippen molar-refractivity contribution in [1.29, 1.82) is 0 Å². The zero-order valence-electron chi connectivity index (χ0n) is 11.7. The molecular formula is C13H17Br2N5S. The van der Waals surface area contributed by atoms with Crippen LogP contribution < -0.4 is 10.6 Å². The van der Waals surface area contributed by atoms with E-state index in [1.54, 1.807) is 11.3 Å². The van der Waals surface area contributed by atoms with Crippen LogP contribution in [0.2, 0.25) is 0 Å². The molecule has 114 valence electrons. The van der Waals surface area contributed by atoms with E-state index < -0.39 is 0 Å². The van der Waals surface area contributed by atoms with Crippen LogP contribution in [-0.4, -0.2) is 34.8 Å². The Morgan fingerprint density at radius 1 is 1.52 bits per heavy atom. The largest absolute Gasteiger partial charge is 0.339 e. The van der Waals surface area contributed by atoms with Gasteiger partial charge in [0.25, 0.3) is 0 Å². The number of nitrogens with zero attached hydrogens (tertiary/aromatic N) is 3. The van der Waals surface area contributed by atoms with Crippen molar-refractivity contribution in [2.75, 3.05) is 24.5 Å². The third-order valence-electron chi connectivity index (χ3n) is 3.94. The monoisotopic (exact) mass is 433 g/mol. The predicted octanol–water partition coefficient (Wildman–Crippen LogP) is 3.62. The summed E-state index contributed by atoms with van der Waals surface area (Å²) in [5, 5.41) is 7.42. The van der Waals surface area contributed by atoms with E-state index in [2.05, 4.69) is 58.9 Å². The standard InChI is InChI=1S/C13H17Br2N5S/c1-13(6-16)3-2-4-20(7-13)12-17-11(18-19-12)8-5-9(14)21-10(8)15/h5H,2-4,6-7,16H2,1H3,(H,17,18,19). The van der Waals surface area contributed by atoms with E-state index in [0.29, 0.717) is 6.54 Å². The van der Waals surface area contributed by atoms with Crippen molar-refractivity contribution in [3.8, 4) is 11.4 Å². The lowest BCUT2D eigenvalue weighted by Gasteiger charge is -2.39. The number of nitrogens with two attached hydrogens (primary N) is 1. The Hall–Kier alpha value is -0.440. The molecule has 3 heterocycles. The smallest absolute Gasteiger partial charge is 0.245 e. The molecule has 1 aliphatic heterocycles. The second-order valence-corrected chi connectivity index (χ2v) is 9.51. The maximum Gasteiger partial charge on any atom is 0.245 e. The van der Waals surface area contributed by atoms with Crippen molar-refractivity contribution < 1.29 is 0 Å². The van der Waals surface area contributed by atoms with Gasteiger partial charge in [-0.1, -0.05) is 6.92 Å². The lowest BCUT2D eigenvalue weighted by molar-refractivity contribution is 0.270. The molecule has 1 atom stereocenters. The van der Waals surface area contributed by atoms with Crippen molar-refractivity contribution in [1.82, 2.24) is 15.2 Å². The zero-order chi connectivity index (χ0) is 15.0. The minimum atomic E-state index is 0.158. The Morgan fingerprint density at radius 2 is 2.33 bits per heavy atom. The first-order valence-corrected chi connectivity index (χ1v) is 9.24. The summed E-state index contributed by atoms with van der Waals surface area (Å²) < 4.78 is 2.11. The van der Waals surface area contributed by atoms with E-state index in [0.717, 1.165) is 44.4 Å². The van der Waals surface area contributed by atoms with Crippen molar-refractivity contribution in [3.63, 3.8) is 0 Å². The first kappa shape index (κ1) is 15.5. The summed E-state index contributed by atoms with van der Waals surface area (Å²) in [7, 11) is 0. The summed E-state index contributed by atoms with van der Waals surface area (Å²) in [6.45, 7) is 4.83. The first-order valence-electron chi connectivity index (χ1n) is 6.83. The predicted molar refractivity (Wildman–Crippen MR) is 93.7 cm³/mol. The molecule has 3 rings (SSSR count). The number of anilines is 1. The summed E-state index contributed by atoms with van der Waals surface area (Å²) in [4.78, 5) is 6.88. The van der Waals surface area contributed by atoms with Crippen molar-refractivity contribution >= 4 is 49.1 Å². The minimum Gasteiger partial charge on any atom is -0.339 e. The Morgan fingerprint density at radius 3 is 3.00 bits per heavy atom. The van der Waals surface area contributed by atoms with E-state index in [9.17, 15) is 0 Å². The molecule has 1 fully saturated rings. The summed E-state index contributed by atoms with van der Waals surface area (Å²) in [6, 6.07) is 2.04. The molecule has 0 saturated carbocycles. The molecule has 0 amide bonds. The van der Waals surface area contributed by atoms with Gasteiger partial charge in [0.15, 0.2) is 5.82 Å². The van der Waals surface area contributed by atoms with Crippen LogP contribution in [0.25, 0.3) is 11.4 Å². The fourth-order valence-electron chi connectivity index (χ4n) is 2.67. The highest BCUT2D eigenvalue weighted by atomic mass is 79.9. The van der Waals surface area contributed by atoms with Crippen LogP contribution in [0.1, 0.15) is 19.8 Å². The fourth-order valence-corrected chi connectivity index (χ4v) is 5.47. The number of aromatic nitrogens is 3. The van der Waals surface area contributed by atoms with Gasteiger partial charge in [0.2, 0.25) is 5.95 Å². The molecule has 5 nitrogen and oxygen atoms in total. The Balaban J connectivity index is 1.83. The quantitative estimate of drug-likeness (QED) is 0.773. The third kappa shape index (κ3) is 3.18. The number of thiophene rings is 1. The lowest BCUT2D eigenvalue weighted by atomic mass is 9.82. The van der Waals surface area contributed by atoms with Crippen molar-refractivity contribution in [3.05, 3.63) is 13.6 Å². The van der Waals surface area contributed by atoms with Crippen LogP contribution in [0.15, 0.2) is 13.6 Å². The van der Waals surface area contributed by atoms with Crippen LogP contribution in [0, 0.1) is 5.41 Å². The normalized spacial score (nSPS) is 22.8. The molecule has 1 aliphatic rings. The number of rotatable bonds is 3. The second kappa shape index (κ2) is 5.98. The van der Waals surface area contributed by atoms with E-state index in [1.165, 1.54) is 6.42 Å². The molecule has 21 heavy (non-hydrogen) atoms. The average Bonchev–Trinajstić information content (AvgIpc) is 3.05. The number of hydrogen-bond donors (Lipinski definition) is 2. The molecule has 0 aromatic carbocycles. The Bertz CT molecular complexity index is 640. The van der Waals surface area contributed by atoms with Gasteiger partial charge in [0.05, 0.1) is 7.57 Å². The van der Waals surface area contributed by atoms with Crippen LogP contribution in [0.3, 0.4) is 0 Å². The van der Waals surface area contributed by atoms with Crippen LogP contribution in [0.5, 0.6) is 0 Å². The minimum absolute atomic E-state index is 0.158. The van der Waals surface area contributed by atoms with Gasteiger partial charge in [-0.15, -0.1) is 16.4 Å². The van der Waals surface area contributed by atoms with Gasteiger partial charge in [0, 0.05) is 18.7 Å². The van der Waals surface area contributed by atoms with Crippen molar-refractivity contribution in [2.45, 2.75) is 19.8 Å². The molecule has 1 unspecified atom stereocenters. The number of H-pyrrole nitrogens is 1. The number of halogens is 2. The van der Waals surface area contributed by atoms with Gasteiger partial charge in [-0.2, -0.15) is 4.98 Å². The molecule has 8 heteroatoms. The highest BCUT2D eigenvalue weighted by Gasteiger charge is 2.31. The van der Waals surface area contributed by atoms with Gasteiger partial charge in [-0.3, -0.25) is 5.10 Å². The van der Waals surface area contributed by atoms with E-state index in [4.69, 9.17) is 5.73 Å². The van der Waals surface area contributed by atoms with Gasteiger partial charge >= 0.3 is 0 Å². The second-order valence-electron chi connectivity index (χ2n) is 5.76. The number of nitrogens with one attached hydrogen (secondary N) is 1. The van der Waals surface area contributed by atoms with Gasteiger partial charge in [-0.05, 0) is 62.7 Å². The highest BCUT2D eigenvalue weighted by molar-refractivity contribution is 9.12. The lowest BCUT2D eigenvalue weighted by Crippen LogP contribution is -2.46. The van der Waals surface area contributed by atoms with Crippen LogP contribution in [-0.2, 0) is 0 Å². The van der Waals surface area contributed by atoms with E-state index >= 15 is 0 Å². The molecule has 3 N–H and O–H groups in total. The molecule has 0 bridgehead atoms. The van der Waals surface area contributed by atoms with Gasteiger partial charge in [0.1, 0.15) is 0 Å². The first-order chi connectivity index (χ1) is 10.0. The maximum atomic E-state index is 5.91. The third-order valence-corrected chi connectivity index (χ3v) is 6.28. The Kier molecular flexibility index (Phi) is 4.40. The highest BCUT2D eigenvalue weighted by Crippen LogP contribution is 2.38. The summed E-state index contributed by atoms with van der Waals surface area (Å²) in [5.74, 6) is 1.55. The molecular weight excluding hydrogens is 418 g/mol. The summed E-state index contributed by atoms with van der Waals surface area (Å²) >= 11 is 8.68. The molecule has 0 radical (unpaired) electrons. The number of hydrogen-bond acceptors (Lipinski definition) is 5. The van der Waals surface area contributed by atoms with Crippen molar-refractivity contribution in [2.24, 2.45) is 11.1 Å². The van der Waals surface area contributed by atoms with E-state index in [-0.39, 0.29) is 5.41 Å². The number of aromatic amines is 1. The summed E-state index contributed by atoms with van der Waals surface area (Å²) in [5.41, 5.74) is 7.10. The Labute approximate surface area is 144 Å². The van der Waals surface area contributed by atoms with Crippen LogP contribution >= 0.6 is 43.2 Å². The molecule has 0 aliphatic carbocycles. The maximum absolute atomic E-state index is 5.91. The summed E-state index contributed by atoms with van der Waals surface area (Å²) in [6.07, 6.45) is 2.30. The number of piperidine rings is 1. The fraction of sp³-hybridized carbons (Fsp3) is 0.538.